The lowest BCUT2D eigenvalue weighted by Gasteiger charge is -2.21. The van der Waals surface area contributed by atoms with Crippen molar-refractivity contribution in [2.45, 2.75) is 19.8 Å². The summed E-state index contributed by atoms with van der Waals surface area (Å²) < 4.78 is 5.00. The van der Waals surface area contributed by atoms with E-state index >= 15 is 0 Å². The van der Waals surface area contributed by atoms with Gasteiger partial charge in [-0.2, -0.15) is 0 Å². The molecule has 2 amide bonds. The Labute approximate surface area is 139 Å². The van der Waals surface area contributed by atoms with Gasteiger partial charge in [-0.1, -0.05) is 12.2 Å². The van der Waals surface area contributed by atoms with Crippen molar-refractivity contribution in [1.82, 2.24) is 0 Å². The van der Waals surface area contributed by atoms with Crippen LogP contribution in [0.4, 0.5) is 5.69 Å². The van der Waals surface area contributed by atoms with E-state index in [0.29, 0.717) is 11.4 Å². The Hall–Kier alpha value is -2.43. The van der Waals surface area contributed by atoms with Crippen LogP contribution in [-0.4, -0.2) is 17.8 Å². The van der Waals surface area contributed by atoms with Crippen LogP contribution in [0.2, 0.25) is 0 Å². The molecule has 0 radical (unpaired) electrons. The van der Waals surface area contributed by atoms with Crippen molar-refractivity contribution >= 4 is 23.5 Å². The fourth-order valence-corrected chi connectivity index (χ4v) is 5.16. The molecule has 0 unspecified atom stereocenters. The summed E-state index contributed by atoms with van der Waals surface area (Å²) in [7, 11) is 0. The quantitative estimate of drug-likeness (QED) is 0.363. The highest BCUT2D eigenvalue weighted by Gasteiger charge is 2.73. The second kappa shape index (κ2) is 4.35. The maximum Gasteiger partial charge on any atom is 0.308 e. The number of allylic oxidation sites excluding steroid dienone is 2. The van der Waals surface area contributed by atoms with Crippen LogP contribution < -0.4 is 9.64 Å². The summed E-state index contributed by atoms with van der Waals surface area (Å²) in [5.41, 5.74) is 0.769. The van der Waals surface area contributed by atoms with Crippen molar-refractivity contribution in [2.24, 2.45) is 29.1 Å². The summed E-state index contributed by atoms with van der Waals surface area (Å²) >= 11 is 0. The third kappa shape index (κ3) is 1.57. The highest BCUT2D eigenvalue weighted by atomic mass is 16.5. The van der Waals surface area contributed by atoms with Crippen LogP contribution in [0, 0.1) is 29.1 Å². The minimum Gasteiger partial charge on any atom is -0.427 e. The lowest BCUT2D eigenvalue weighted by molar-refractivity contribution is -0.132. The Morgan fingerprint density at radius 2 is 1.58 bits per heavy atom. The zero-order valence-electron chi connectivity index (χ0n) is 13.3. The topological polar surface area (TPSA) is 63.7 Å². The lowest BCUT2D eigenvalue weighted by atomic mass is 9.85. The van der Waals surface area contributed by atoms with Gasteiger partial charge in [0.25, 0.3) is 0 Å². The minimum atomic E-state index is -0.400. The van der Waals surface area contributed by atoms with Crippen molar-refractivity contribution in [3.8, 4) is 5.75 Å². The van der Waals surface area contributed by atoms with Crippen molar-refractivity contribution in [3.63, 3.8) is 0 Å². The number of carbonyl (C=O) groups is 3. The van der Waals surface area contributed by atoms with Crippen molar-refractivity contribution in [2.75, 3.05) is 4.90 Å². The number of imide groups is 1. The molecule has 1 spiro atoms. The molecule has 1 aromatic carbocycles. The van der Waals surface area contributed by atoms with E-state index in [1.807, 2.05) is 0 Å². The Kier molecular flexibility index (Phi) is 2.53. The van der Waals surface area contributed by atoms with Gasteiger partial charge in [0.1, 0.15) is 5.75 Å². The lowest BCUT2D eigenvalue weighted by Crippen LogP contribution is -2.34. The second-order valence-electron chi connectivity index (χ2n) is 7.32. The largest absolute Gasteiger partial charge is 0.427 e. The SMILES string of the molecule is CC(=O)Oc1ccc(N2C(=O)[C@@H]3[C@H](C2=O)[C@H]2C=C[C@H]3C23CC3)cc1. The third-order valence-corrected chi connectivity index (χ3v) is 6.21. The number of hydrogen-bond donors (Lipinski definition) is 0. The predicted molar refractivity (Wildman–Crippen MR) is 85.0 cm³/mol. The van der Waals surface area contributed by atoms with Crippen LogP contribution in [-0.2, 0) is 14.4 Å². The molecule has 1 aliphatic heterocycles. The number of amides is 2. The molecule has 4 aliphatic rings. The Morgan fingerprint density at radius 1 is 1.04 bits per heavy atom. The molecule has 1 heterocycles. The molecule has 0 N–H and O–H groups in total. The van der Waals surface area contributed by atoms with E-state index < -0.39 is 5.97 Å². The number of fused-ring (bicyclic) bond motifs is 3. The average molecular weight is 323 g/mol. The van der Waals surface area contributed by atoms with Crippen LogP contribution >= 0.6 is 0 Å². The van der Waals surface area contributed by atoms with Crippen molar-refractivity contribution in [1.29, 1.82) is 0 Å². The molecule has 1 aromatic rings. The Balaban J connectivity index is 1.46. The summed E-state index contributed by atoms with van der Waals surface area (Å²) in [4.78, 5) is 38.2. The Bertz CT molecular complexity index is 771. The molecular weight excluding hydrogens is 306 g/mol. The monoisotopic (exact) mass is 323 g/mol. The van der Waals surface area contributed by atoms with Gasteiger partial charge in [-0.05, 0) is 54.4 Å². The molecule has 5 heteroatoms. The first-order valence-electron chi connectivity index (χ1n) is 8.37. The molecule has 5 nitrogen and oxygen atoms in total. The average Bonchev–Trinajstić information content (AvgIpc) is 3.14. The minimum absolute atomic E-state index is 0.0756. The fraction of sp³-hybridized carbons (Fsp3) is 0.421. The number of esters is 1. The number of hydrogen-bond acceptors (Lipinski definition) is 4. The molecule has 5 rings (SSSR count). The first kappa shape index (κ1) is 14.0. The summed E-state index contributed by atoms with van der Waals surface area (Å²) in [6.07, 6.45) is 6.61. The standard InChI is InChI=1S/C19H17NO4/c1-10(21)24-12-4-2-11(3-5-12)20-17(22)15-13-6-7-14(16(15)18(20)23)19(13)8-9-19/h2-7,13-16H,8-9H2,1H3/t13-,14-,15-,16+/m1/s1. The fourth-order valence-electron chi connectivity index (χ4n) is 5.16. The number of nitrogens with zero attached hydrogens (tertiary/aromatic N) is 1. The van der Waals surface area contributed by atoms with Gasteiger partial charge >= 0.3 is 5.97 Å². The zero-order chi connectivity index (χ0) is 16.6. The second-order valence-corrected chi connectivity index (χ2v) is 7.32. The summed E-state index contributed by atoms with van der Waals surface area (Å²) in [5, 5.41) is 0. The van der Waals surface area contributed by atoms with E-state index in [1.54, 1.807) is 24.3 Å². The van der Waals surface area contributed by atoms with Crippen molar-refractivity contribution < 1.29 is 19.1 Å². The van der Waals surface area contributed by atoms with Gasteiger partial charge in [0.05, 0.1) is 17.5 Å². The van der Waals surface area contributed by atoms with Gasteiger partial charge < -0.3 is 4.74 Å². The van der Waals surface area contributed by atoms with Crippen molar-refractivity contribution in [3.05, 3.63) is 36.4 Å². The smallest absolute Gasteiger partial charge is 0.308 e. The van der Waals surface area contributed by atoms with Crippen LogP contribution in [0.5, 0.6) is 5.75 Å². The molecule has 2 bridgehead atoms. The molecule has 2 saturated carbocycles. The van der Waals surface area contributed by atoms with Crippen LogP contribution in [0.25, 0.3) is 0 Å². The molecular formula is C19H17NO4. The number of benzene rings is 1. The highest BCUT2D eigenvalue weighted by Crippen LogP contribution is 2.73. The maximum atomic E-state index is 13.0. The van der Waals surface area contributed by atoms with Crippen LogP contribution in [0.3, 0.4) is 0 Å². The van der Waals surface area contributed by atoms with E-state index in [-0.39, 0.29) is 40.9 Å². The number of anilines is 1. The van der Waals surface area contributed by atoms with E-state index in [1.165, 1.54) is 11.8 Å². The third-order valence-electron chi connectivity index (χ3n) is 6.21. The van der Waals surface area contributed by atoms with Crippen LogP contribution in [0.1, 0.15) is 19.8 Å². The molecule has 0 aromatic heterocycles. The van der Waals surface area contributed by atoms with Gasteiger partial charge in [-0.3, -0.25) is 19.3 Å². The van der Waals surface area contributed by atoms with Crippen LogP contribution in [0.15, 0.2) is 36.4 Å². The first-order chi connectivity index (χ1) is 11.5. The van der Waals surface area contributed by atoms with Gasteiger partial charge in [0, 0.05) is 6.92 Å². The van der Waals surface area contributed by atoms with Gasteiger partial charge in [-0.25, -0.2) is 0 Å². The molecule has 3 fully saturated rings. The van der Waals surface area contributed by atoms with E-state index in [4.69, 9.17) is 4.74 Å². The number of rotatable bonds is 2. The normalized spacial score (nSPS) is 34.1. The maximum absolute atomic E-state index is 13.0. The van der Waals surface area contributed by atoms with E-state index in [0.717, 1.165) is 12.8 Å². The summed E-state index contributed by atoms with van der Waals surface area (Å²) in [6, 6.07) is 6.55. The Morgan fingerprint density at radius 3 is 2.04 bits per heavy atom. The number of carbonyl (C=O) groups excluding carboxylic acids is 3. The van der Waals surface area contributed by atoms with E-state index in [9.17, 15) is 14.4 Å². The molecule has 3 aliphatic carbocycles. The highest BCUT2D eigenvalue weighted by molar-refractivity contribution is 6.23. The van der Waals surface area contributed by atoms with Gasteiger partial charge in [0.15, 0.2) is 0 Å². The molecule has 1 saturated heterocycles. The predicted octanol–water partition coefficient (Wildman–Crippen LogP) is 2.31. The molecule has 4 atom stereocenters. The first-order valence-corrected chi connectivity index (χ1v) is 8.37. The van der Waals surface area contributed by atoms with E-state index in [2.05, 4.69) is 12.2 Å². The van der Waals surface area contributed by atoms with Gasteiger partial charge in [-0.15, -0.1) is 0 Å². The number of ether oxygens (including phenoxy) is 1. The zero-order valence-corrected chi connectivity index (χ0v) is 13.3. The molecule has 122 valence electrons. The van der Waals surface area contributed by atoms with Gasteiger partial charge in [0.2, 0.25) is 11.8 Å². The summed E-state index contributed by atoms with van der Waals surface area (Å²) in [6.45, 7) is 1.33. The molecule has 24 heavy (non-hydrogen) atoms. The summed E-state index contributed by atoms with van der Waals surface area (Å²) in [5.74, 6) is -0.0660.